The highest BCUT2D eigenvalue weighted by molar-refractivity contribution is 5.76. The van der Waals surface area contributed by atoms with Crippen molar-refractivity contribution in [1.82, 2.24) is 9.80 Å². The molecule has 0 radical (unpaired) electrons. The molecule has 0 bridgehead atoms. The minimum atomic E-state index is -0.806. The zero-order valence-electron chi connectivity index (χ0n) is 11.4. The van der Waals surface area contributed by atoms with Gasteiger partial charge in [-0.2, -0.15) is 0 Å². The predicted octanol–water partition coefficient (Wildman–Crippen LogP) is 1.01. The minimum Gasteiger partial charge on any atom is -0.481 e. The molecule has 19 heavy (non-hydrogen) atoms. The number of carboxylic acids is 1. The molecule has 6 heteroatoms. The molecular formula is C13H22N2O4. The van der Waals surface area contributed by atoms with Gasteiger partial charge >= 0.3 is 12.0 Å². The van der Waals surface area contributed by atoms with Crippen molar-refractivity contribution in [3.05, 3.63) is 0 Å². The second-order valence-corrected chi connectivity index (χ2v) is 5.42. The Labute approximate surface area is 113 Å². The normalized spacial score (nSPS) is 27.3. The zero-order valence-corrected chi connectivity index (χ0v) is 11.4. The van der Waals surface area contributed by atoms with E-state index in [1.807, 2.05) is 0 Å². The van der Waals surface area contributed by atoms with Gasteiger partial charge in [0.25, 0.3) is 0 Å². The molecule has 1 unspecified atom stereocenters. The van der Waals surface area contributed by atoms with Crippen LogP contribution in [0.25, 0.3) is 0 Å². The summed E-state index contributed by atoms with van der Waals surface area (Å²) in [6.45, 7) is 2.34. The highest BCUT2D eigenvalue weighted by Gasteiger charge is 2.30. The first-order valence-corrected chi connectivity index (χ1v) is 6.92. The van der Waals surface area contributed by atoms with Crippen LogP contribution in [-0.2, 0) is 9.53 Å². The third-order valence-electron chi connectivity index (χ3n) is 3.87. The molecule has 6 nitrogen and oxygen atoms in total. The van der Waals surface area contributed by atoms with Crippen LogP contribution in [0.5, 0.6) is 0 Å². The molecule has 2 heterocycles. The van der Waals surface area contributed by atoms with Crippen molar-refractivity contribution in [3.8, 4) is 0 Å². The van der Waals surface area contributed by atoms with Crippen molar-refractivity contribution >= 4 is 12.0 Å². The van der Waals surface area contributed by atoms with Gasteiger partial charge in [0, 0.05) is 33.3 Å². The second-order valence-electron chi connectivity index (χ2n) is 5.42. The third-order valence-corrected chi connectivity index (χ3v) is 3.87. The van der Waals surface area contributed by atoms with Gasteiger partial charge in [-0.15, -0.1) is 0 Å². The summed E-state index contributed by atoms with van der Waals surface area (Å²) < 4.78 is 5.51. The minimum absolute atomic E-state index is 0.0820. The summed E-state index contributed by atoms with van der Waals surface area (Å²) in [6, 6.07) is -0.0820. The molecule has 2 saturated heterocycles. The Hall–Kier alpha value is -1.30. The number of hydrogen-bond acceptors (Lipinski definition) is 3. The number of aliphatic carboxylic acids is 1. The largest absolute Gasteiger partial charge is 0.481 e. The van der Waals surface area contributed by atoms with E-state index >= 15 is 0 Å². The van der Waals surface area contributed by atoms with E-state index in [-0.39, 0.29) is 12.1 Å². The smallest absolute Gasteiger partial charge is 0.319 e. The SMILES string of the molecule is CN(CC1CCCO1)C(=O)N1CCC[C@H](C(=O)O)C1. The van der Waals surface area contributed by atoms with Crippen LogP contribution in [0, 0.1) is 5.92 Å². The van der Waals surface area contributed by atoms with Crippen molar-refractivity contribution < 1.29 is 19.4 Å². The fraction of sp³-hybridized carbons (Fsp3) is 0.846. The van der Waals surface area contributed by atoms with Crippen molar-refractivity contribution in [2.75, 3.05) is 33.3 Å². The summed E-state index contributed by atoms with van der Waals surface area (Å²) >= 11 is 0. The molecule has 2 atom stereocenters. The third kappa shape index (κ3) is 3.59. The molecule has 2 aliphatic rings. The van der Waals surface area contributed by atoms with E-state index in [0.717, 1.165) is 25.9 Å². The van der Waals surface area contributed by atoms with E-state index < -0.39 is 11.9 Å². The molecule has 2 rings (SSSR count). The number of amides is 2. The maximum Gasteiger partial charge on any atom is 0.319 e. The first-order valence-electron chi connectivity index (χ1n) is 6.92. The lowest BCUT2D eigenvalue weighted by atomic mass is 9.99. The Bertz CT molecular complexity index is 342. The van der Waals surface area contributed by atoms with E-state index in [9.17, 15) is 9.59 Å². The van der Waals surface area contributed by atoms with Crippen LogP contribution in [0.4, 0.5) is 4.79 Å². The van der Waals surface area contributed by atoms with Gasteiger partial charge in [-0.1, -0.05) is 0 Å². The van der Waals surface area contributed by atoms with Crippen LogP contribution in [0.3, 0.4) is 0 Å². The van der Waals surface area contributed by atoms with Gasteiger partial charge in [-0.25, -0.2) is 4.79 Å². The van der Waals surface area contributed by atoms with E-state index in [0.29, 0.717) is 26.1 Å². The summed E-state index contributed by atoms with van der Waals surface area (Å²) in [5.41, 5.74) is 0. The molecular weight excluding hydrogens is 248 g/mol. The molecule has 0 aromatic heterocycles. The van der Waals surface area contributed by atoms with Crippen LogP contribution in [0.2, 0.25) is 0 Å². The summed E-state index contributed by atoms with van der Waals surface area (Å²) in [4.78, 5) is 26.6. The standard InChI is InChI=1S/C13H22N2O4/c1-14(9-11-5-3-7-19-11)13(18)15-6-2-4-10(8-15)12(16)17/h10-11H,2-9H2,1H3,(H,16,17)/t10-,11?/m0/s1. The molecule has 0 aromatic carbocycles. The molecule has 2 fully saturated rings. The van der Waals surface area contributed by atoms with Gasteiger partial charge in [0.1, 0.15) is 0 Å². The van der Waals surface area contributed by atoms with Crippen LogP contribution < -0.4 is 0 Å². The highest BCUT2D eigenvalue weighted by atomic mass is 16.5. The number of carbonyl (C=O) groups excluding carboxylic acids is 1. The number of urea groups is 1. The molecule has 1 N–H and O–H groups in total. The first kappa shape index (κ1) is 14.1. The van der Waals surface area contributed by atoms with Crippen LogP contribution in [-0.4, -0.2) is 66.3 Å². The summed E-state index contributed by atoms with van der Waals surface area (Å²) in [5.74, 6) is -1.23. The van der Waals surface area contributed by atoms with Gasteiger partial charge in [-0.3, -0.25) is 4.79 Å². The van der Waals surface area contributed by atoms with Gasteiger partial charge in [0.2, 0.25) is 0 Å². The van der Waals surface area contributed by atoms with E-state index in [2.05, 4.69) is 0 Å². The number of piperidine rings is 1. The molecule has 0 saturated carbocycles. The number of ether oxygens (including phenoxy) is 1. The maximum atomic E-state index is 12.3. The monoisotopic (exact) mass is 270 g/mol. The number of likely N-dealkylation sites (N-methyl/N-ethyl adjacent to an activating group) is 1. The molecule has 0 aromatic rings. The quantitative estimate of drug-likeness (QED) is 0.831. The average Bonchev–Trinajstić information content (AvgIpc) is 2.90. The molecule has 2 amide bonds. The zero-order chi connectivity index (χ0) is 13.8. The topological polar surface area (TPSA) is 70.1 Å². The van der Waals surface area contributed by atoms with Gasteiger partial charge in [0.05, 0.1) is 12.0 Å². The van der Waals surface area contributed by atoms with Crippen LogP contribution >= 0.6 is 0 Å². The lowest BCUT2D eigenvalue weighted by Gasteiger charge is -2.34. The fourth-order valence-electron chi connectivity index (χ4n) is 2.77. The Kier molecular flexibility index (Phi) is 4.63. The van der Waals surface area contributed by atoms with Crippen LogP contribution in [0.1, 0.15) is 25.7 Å². The number of hydrogen-bond donors (Lipinski definition) is 1. The van der Waals surface area contributed by atoms with E-state index in [1.54, 1.807) is 16.8 Å². The van der Waals surface area contributed by atoms with Crippen molar-refractivity contribution in [1.29, 1.82) is 0 Å². The number of likely N-dealkylation sites (tertiary alicyclic amines) is 1. The van der Waals surface area contributed by atoms with E-state index in [4.69, 9.17) is 9.84 Å². The molecule has 108 valence electrons. The number of carboxylic acid groups (broad SMARTS) is 1. The predicted molar refractivity (Wildman–Crippen MR) is 68.9 cm³/mol. The van der Waals surface area contributed by atoms with Crippen molar-refractivity contribution in [2.24, 2.45) is 5.92 Å². The number of nitrogens with zero attached hydrogens (tertiary/aromatic N) is 2. The Morgan fingerprint density at radius 2 is 2.16 bits per heavy atom. The van der Waals surface area contributed by atoms with Gasteiger partial charge in [0.15, 0.2) is 0 Å². The summed E-state index contributed by atoms with van der Waals surface area (Å²) in [5, 5.41) is 9.03. The Morgan fingerprint density at radius 3 is 2.79 bits per heavy atom. The molecule has 0 spiro atoms. The Morgan fingerprint density at radius 1 is 1.37 bits per heavy atom. The number of carbonyl (C=O) groups is 2. The molecule has 0 aliphatic carbocycles. The summed E-state index contributed by atoms with van der Waals surface area (Å²) in [7, 11) is 1.76. The summed E-state index contributed by atoms with van der Waals surface area (Å²) in [6.07, 6.45) is 3.60. The lowest BCUT2D eigenvalue weighted by Crippen LogP contribution is -2.49. The van der Waals surface area contributed by atoms with Crippen molar-refractivity contribution in [2.45, 2.75) is 31.8 Å². The fourth-order valence-corrected chi connectivity index (χ4v) is 2.77. The van der Waals surface area contributed by atoms with Crippen molar-refractivity contribution in [3.63, 3.8) is 0 Å². The van der Waals surface area contributed by atoms with Crippen LogP contribution in [0.15, 0.2) is 0 Å². The second kappa shape index (κ2) is 6.23. The lowest BCUT2D eigenvalue weighted by molar-refractivity contribution is -0.143. The van der Waals surface area contributed by atoms with Gasteiger partial charge < -0.3 is 19.6 Å². The number of rotatable bonds is 3. The van der Waals surface area contributed by atoms with Gasteiger partial charge in [-0.05, 0) is 25.7 Å². The molecule has 2 aliphatic heterocycles. The average molecular weight is 270 g/mol. The highest BCUT2D eigenvalue weighted by Crippen LogP contribution is 2.19. The first-order chi connectivity index (χ1) is 9.08. The Balaban J connectivity index is 1.85. The van der Waals surface area contributed by atoms with E-state index in [1.165, 1.54) is 0 Å². The maximum absolute atomic E-state index is 12.3.